The molecule has 6 heteroatoms. The van der Waals surface area contributed by atoms with E-state index in [-0.39, 0.29) is 18.4 Å². The molecule has 1 aromatic carbocycles. The van der Waals surface area contributed by atoms with Gasteiger partial charge in [-0.25, -0.2) is 4.79 Å². The molecular weight excluding hydrogens is 272 g/mol. The van der Waals surface area contributed by atoms with Crippen molar-refractivity contribution in [3.8, 4) is 5.75 Å². The number of carboxylic acid groups (broad SMARTS) is 1. The molecule has 1 aromatic rings. The molecule has 1 saturated heterocycles. The monoisotopic (exact) mass is 292 g/mol. The Balaban J connectivity index is 1.84. The maximum absolute atomic E-state index is 12.1. The van der Waals surface area contributed by atoms with Crippen LogP contribution in [0.5, 0.6) is 5.75 Å². The second-order valence-electron chi connectivity index (χ2n) is 5.17. The third-order valence-corrected chi connectivity index (χ3v) is 3.66. The highest BCUT2D eigenvalue weighted by molar-refractivity contribution is 5.75. The lowest BCUT2D eigenvalue weighted by atomic mass is 10.1. The summed E-state index contributed by atoms with van der Waals surface area (Å²) in [6.07, 6.45) is 0.866. The lowest BCUT2D eigenvalue weighted by Gasteiger charge is -2.17. The molecule has 114 valence electrons. The zero-order chi connectivity index (χ0) is 15.2. The van der Waals surface area contributed by atoms with Crippen LogP contribution in [0.15, 0.2) is 24.3 Å². The molecule has 2 N–H and O–H groups in total. The molecule has 1 fully saturated rings. The molecule has 1 aliphatic heterocycles. The molecule has 0 aliphatic carbocycles. The third-order valence-electron chi connectivity index (χ3n) is 3.66. The second kappa shape index (κ2) is 6.97. The predicted molar refractivity (Wildman–Crippen MR) is 77.2 cm³/mol. The van der Waals surface area contributed by atoms with Crippen LogP contribution in [-0.2, 0) is 11.3 Å². The molecule has 1 unspecified atom stereocenters. The molecule has 0 bridgehead atoms. The van der Waals surface area contributed by atoms with E-state index < -0.39 is 5.97 Å². The Bertz CT molecular complexity index is 518. The Morgan fingerprint density at radius 2 is 2.19 bits per heavy atom. The van der Waals surface area contributed by atoms with Gasteiger partial charge in [-0.15, -0.1) is 0 Å². The molecule has 0 spiro atoms. The summed E-state index contributed by atoms with van der Waals surface area (Å²) in [7, 11) is 1.59. The van der Waals surface area contributed by atoms with Gasteiger partial charge in [0.1, 0.15) is 5.75 Å². The SMILES string of the molecule is COc1ccccc1CNC(=O)N1CCC(CC(=O)O)C1. The molecule has 0 saturated carbocycles. The Labute approximate surface area is 123 Å². The van der Waals surface area contributed by atoms with Crippen LogP contribution in [0.3, 0.4) is 0 Å². The Hall–Kier alpha value is -2.24. The largest absolute Gasteiger partial charge is 0.496 e. The van der Waals surface area contributed by atoms with E-state index in [1.54, 1.807) is 12.0 Å². The minimum atomic E-state index is -0.809. The van der Waals surface area contributed by atoms with E-state index in [0.717, 1.165) is 17.7 Å². The lowest BCUT2D eigenvalue weighted by Crippen LogP contribution is -2.38. The van der Waals surface area contributed by atoms with E-state index in [1.807, 2.05) is 24.3 Å². The lowest BCUT2D eigenvalue weighted by molar-refractivity contribution is -0.138. The average Bonchev–Trinajstić information content (AvgIpc) is 2.92. The van der Waals surface area contributed by atoms with Gasteiger partial charge in [0.2, 0.25) is 0 Å². The Morgan fingerprint density at radius 3 is 2.90 bits per heavy atom. The summed E-state index contributed by atoms with van der Waals surface area (Å²) in [4.78, 5) is 24.4. The number of rotatable bonds is 5. The number of aliphatic carboxylic acids is 1. The number of carboxylic acids is 1. The maximum Gasteiger partial charge on any atom is 0.317 e. The van der Waals surface area contributed by atoms with Crippen molar-refractivity contribution in [3.05, 3.63) is 29.8 Å². The average molecular weight is 292 g/mol. The normalized spacial score (nSPS) is 17.6. The van der Waals surface area contributed by atoms with Gasteiger partial charge in [0.05, 0.1) is 7.11 Å². The highest BCUT2D eigenvalue weighted by Crippen LogP contribution is 2.20. The molecule has 2 amide bonds. The molecule has 0 radical (unpaired) electrons. The maximum atomic E-state index is 12.1. The summed E-state index contributed by atoms with van der Waals surface area (Å²) in [5, 5.41) is 11.6. The summed E-state index contributed by atoms with van der Waals surface area (Å²) in [6.45, 7) is 1.50. The number of carbonyl (C=O) groups is 2. The van der Waals surface area contributed by atoms with Crippen LogP contribution < -0.4 is 10.1 Å². The van der Waals surface area contributed by atoms with Crippen molar-refractivity contribution in [2.24, 2.45) is 5.92 Å². The number of likely N-dealkylation sites (tertiary alicyclic amines) is 1. The van der Waals surface area contributed by atoms with Gasteiger partial charge in [-0.3, -0.25) is 4.79 Å². The summed E-state index contributed by atoms with van der Waals surface area (Å²) < 4.78 is 5.23. The van der Waals surface area contributed by atoms with Crippen LogP contribution in [0.2, 0.25) is 0 Å². The fourth-order valence-electron chi connectivity index (χ4n) is 2.56. The van der Waals surface area contributed by atoms with Crippen LogP contribution in [0.25, 0.3) is 0 Å². The first-order valence-electron chi connectivity index (χ1n) is 6.96. The second-order valence-corrected chi connectivity index (χ2v) is 5.17. The number of hydrogen-bond donors (Lipinski definition) is 2. The van der Waals surface area contributed by atoms with Gasteiger partial charge in [-0.1, -0.05) is 18.2 Å². The van der Waals surface area contributed by atoms with Crippen molar-refractivity contribution >= 4 is 12.0 Å². The van der Waals surface area contributed by atoms with Gasteiger partial charge in [-0.2, -0.15) is 0 Å². The fourth-order valence-corrected chi connectivity index (χ4v) is 2.56. The molecule has 6 nitrogen and oxygen atoms in total. The molecule has 0 aromatic heterocycles. The van der Waals surface area contributed by atoms with Crippen LogP contribution in [0.4, 0.5) is 4.79 Å². The summed E-state index contributed by atoms with van der Waals surface area (Å²) in [6, 6.07) is 7.36. The molecule has 1 heterocycles. The van der Waals surface area contributed by atoms with E-state index in [0.29, 0.717) is 19.6 Å². The van der Waals surface area contributed by atoms with Crippen LogP contribution in [0, 0.1) is 5.92 Å². The van der Waals surface area contributed by atoms with Crippen molar-refractivity contribution in [3.63, 3.8) is 0 Å². The van der Waals surface area contributed by atoms with Gasteiger partial charge in [0.15, 0.2) is 0 Å². The standard InChI is InChI=1S/C15H20N2O4/c1-21-13-5-3-2-4-12(13)9-16-15(20)17-7-6-11(10-17)8-14(18)19/h2-5,11H,6-10H2,1H3,(H,16,20)(H,18,19). The first kappa shape index (κ1) is 15.2. The molecule has 21 heavy (non-hydrogen) atoms. The number of methoxy groups -OCH3 is 1. The zero-order valence-corrected chi connectivity index (χ0v) is 12.0. The van der Waals surface area contributed by atoms with Crippen molar-refractivity contribution in [2.45, 2.75) is 19.4 Å². The van der Waals surface area contributed by atoms with Crippen molar-refractivity contribution in [1.29, 1.82) is 0 Å². The van der Waals surface area contributed by atoms with E-state index in [2.05, 4.69) is 5.32 Å². The first-order chi connectivity index (χ1) is 10.1. The zero-order valence-electron chi connectivity index (χ0n) is 12.0. The minimum absolute atomic E-state index is 0.0551. The Kier molecular flexibility index (Phi) is 5.03. The fraction of sp³-hybridized carbons (Fsp3) is 0.467. The minimum Gasteiger partial charge on any atom is -0.496 e. The predicted octanol–water partition coefficient (Wildman–Crippen LogP) is 1.70. The Morgan fingerprint density at radius 1 is 1.43 bits per heavy atom. The van der Waals surface area contributed by atoms with E-state index in [4.69, 9.17) is 9.84 Å². The number of hydrogen-bond acceptors (Lipinski definition) is 3. The first-order valence-corrected chi connectivity index (χ1v) is 6.96. The number of nitrogens with one attached hydrogen (secondary N) is 1. The van der Waals surface area contributed by atoms with Gasteiger partial charge in [0, 0.05) is 31.6 Å². The molecular formula is C15H20N2O4. The number of urea groups is 1. The van der Waals surface area contributed by atoms with Crippen LogP contribution in [-0.4, -0.2) is 42.2 Å². The molecule has 1 atom stereocenters. The highest BCUT2D eigenvalue weighted by atomic mass is 16.5. The van der Waals surface area contributed by atoms with Crippen molar-refractivity contribution in [1.82, 2.24) is 10.2 Å². The van der Waals surface area contributed by atoms with E-state index in [9.17, 15) is 9.59 Å². The number of benzene rings is 1. The summed E-state index contributed by atoms with van der Waals surface area (Å²) >= 11 is 0. The third kappa shape index (κ3) is 4.11. The molecule has 2 rings (SSSR count). The smallest absolute Gasteiger partial charge is 0.317 e. The van der Waals surface area contributed by atoms with Crippen LogP contribution in [0.1, 0.15) is 18.4 Å². The topological polar surface area (TPSA) is 78.9 Å². The van der Waals surface area contributed by atoms with Gasteiger partial charge in [0.25, 0.3) is 0 Å². The number of amides is 2. The van der Waals surface area contributed by atoms with Crippen molar-refractivity contribution < 1.29 is 19.4 Å². The summed E-state index contributed by atoms with van der Waals surface area (Å²) in [5.41, 5.74) is 0.912. The summed E-state index contributed by atoms with van der Waals surface area (Å²) in [5.74, 6) is -0.0150. The molecule has 1 aliphatic rings. The number of ether oxygens (including phenoxy) is 1. The number of carbonyl (C=O) groups excluding carboxylic acids is 1. The van der Waals surface area contributed by atoms with Crippen molar-refractivity contribution in [2.75, 3.05) is 20.2 Å². The van der Waals surface area contributed by atoms with E-state index >= 15 is 0 Å². The van der Waals surface area contributed by atoms with Gasteiger partial charge >= 0.3 is 12.0 Å². The van der Waals surface area contributed by atoms with Gasteiger partial charge < -0.3 is 20.1 Å². The quantitative estimate of drug-likeness (QED) is 0.866. The van der Waals surface area contributed by atoms with E-state index in [1.165, 1.54) is 0 Å². The number of nitrogens with zero attached hydrogens (tertiary/aromatic N) is 1. The number of para-hydroxylation sites is 1. The van der Waals surface area contributed by atoms with Crippen LogP contribution >= 0.6 is 0 Å². The highest BCUT2D eigenvalue weighted by Gasteiger charge is 2.27. The van der Waals surface area contributed by atoms with Gasteiger partial charge in [-0.05, 0) is 18.4 Å².